The van der Waals surface area contributed by atoms with Gasteiger partial charge in [0.2, 0.25) is 0 Å². The Bertz CT molecular complexity index is 187. The van der Waals surface area contributed by atoms with Gasteiger partial charge >= 0.3 is 0 Å². The lowest BCUT2D eigenvalue weighted by molar-refractivity contribution is -0.0355. The highest BCUT2D eigenvalue weighted by molar-refractivity contribution is 4.57. The van der Waals surface area contributed by atoms with Gasteiger partial charge in [0.15, 0.2) is 0 Å². The van der Waals surface area contributed by atoms with Crippen molar-refractivity contribution in [1.29, 1.82) is 0 Å². The molecule has 0 unspecified atom stereocenters. The summed E-state index contributed by atoms with van der Waals surface area (Å²) < 4.78 is 16.7. The Morgan fingerprint density at radius 2 is 1.10 bits per heavy atom. The van der Waals surface area contributed by atoms with Crippen LogP contribution in [0.4, 0.5) is 0 Å². The van der Waals surface area contributed by atoms with Crippen molar-refractivity contribution in [2.24, 2.45) is 0 Å². The maximum Gasteiger partial charge on any atom is 0.0707 e. The van der Waals surface area contributed by atoms with E-state index in [9.17, 15) is 0 Å². The Morgan fingerprint density at radius 3 is 1.65 bits per heavy atom. The molecular weight excluding hydrogens is 252 g/mol. The first-order valence-corrected chi connectivity index (χ1v) is 8.35. The van der Waals surface area contributed by atoms with E-state index >= 15 is 0 Å². The number of hydrogen-bond acceptors (Lipinski definition) is 3. The van der Waals surface area contributed by atoms with Crippen LogP contribution >= 0.6 is 0 Å². The summed E-state index contributed by atoms with van der Waals surface area (Å²) in [6, 6.07) is 0. The van der Waals surface area contributed by atoms with E-state index in [2.05, 4.69) is 27.7 Å². The van der Waals surface area contributed by atoms with Gasteiger partial charge in [0.25, 0.3) is 0 Å². The van der Waals surface area contributed by atoms with Crippen LogP contribution in [0, 0.1) is 0 Å². The molecule has 0 radical (unpaired) electrons. The number of rotatable bonds is 14. The molecule has 0 fully saturated rings. The molecule has 0 saturated carbocycles. The van der Waals surface area contributed by atoms with E-state index in [-0.39, 0.29) is 5.60 Å². The topological polar surface area (TPSA) is 27.7 Å². The highest BCUT2D eigenvalue weighted by Gasteiger charge is 2.08. The van der Waals surface area contributed by atoms with Gasteiger partial charge in [-0.1, -0.05) is 32.6 Å². The van der Waals surface area contributed by atoms with E-state index in [0.29, 0.717) is 13.2 Å². The van der Waals surface area contributed by atoms with E-state index < -0.39 is 0 Å². The van der Waals surface area contributed by atoms with Gasteiger partial charge in [-0.25, -0.2) is 0 Å². The van der Waals surface area contributed by atoms with Crippen molar-refractivity contribution in [3.05, 3.63) is 0 Å². The van der Waals surface area contributed by atoms with Crippen LogP contribution in [0.25, 0.3) is 0 Å². The van der Waals surface area contributed by atoms with Gasteiger partial charge in [0.05, 0.1) is 18.8 Å². The Labute approximate surface area is 126 Å². The van der Waals surface area contributed by atoms with E-state index in [0.717, 1.165) is 32.7 Å². The van der Waals surface area contributed by atoms with Crippen molar-refractivity contribution in [3.8, 4) is 0 Å². The van der Waals surface area contributed by atoms with Crippen LogP contribution in [0.1, 0.15) is 72.6 Å². The third-order valence-electron chi connectivity index (χ3n) is 2.98. The maximum atomic E-state index is 5.61. The van der Waals surface area contributed by atoms with Gasteiger partial charge in [-0.2, -0.15) is 0 Å². The minimum atomic E-state index is -0.0612. The molecule has 0 aromatic rings. The quantitative estimate of drug-likeness (QED) is 0.438. The Balaban J connectivity index is 2.99. The van der Waals surface area contributed by atoms with Gasteiger partial charge in [-0.3, -0.25) is 0 Å². The minimum absolute atomic E-state index is 0.0612. The number of ether oxygens (including phenoxy) is 3. The summed E-state index contributed by atoms with van der Waals surface area (Å²) in [4.78, 5) is 0. The molecule has 122 valence electrons. The zero-order chi connectivity index (χ0) is 15.1. The fraction of sp³-hybridized carbons (Fsp3) is 1.00. The predicted octanol–water partition coefficient (Wildman–Crippen LogP) is 4.59. The second kappa shape index (κ2) is 13.8. The molecule has 0 aliphatic rings. The molecule has 0 aliphatic carbocycles. The molecule has 0 amide bonds. The van der Waals surface area contributed by atoms with Crippen LogP contribution in [0.3, 0.4) is 0 Å². The lowest BCUT2D eigenvalue weighted by Gasteiger charge is -2.19. The van der Waals surface area contributed by atoms with E-state index in [4.69, 9.17) is 14.2 Å². The van der Waals surface area contributed by atoms with Crippen LogP contribution in [0.5, 0.6) is 0 Å². The largest absolute Gasteiger partial charge is 0.381 e. The minimum Gasteiger partial charge on any atom is -0.381 e. The summed E-state index contributed by atoms with van der Waals surface area (Å²) in [7, 11) is 0. The maximum absolute atomic E-state index is 5.61. The zero-order valence-corrected chi connectivity index (χ0v) is 14.2. The fourth-order valence-corrected chi connectivity index (χ4v) is 1.83. The first-order chi connectivity index (χ1) is 9.56. The summed E-state index contributed by atoms with van der Waals surface area (Å²) in [5.41, 5.74) is -0.0612. The molecule has 0 rings (SSSR count). The molecule has 3 nitrogen and oxygen atoms in total. The van der Waals surface area contributed by atoms with Crippen molar-refractivity contribution in [2.45, 2.75) is 78.2 Å². The smallest absolute Gasteiger partial charge is 0.0707 e. The highest BCUT2D eigenvalue weighted by atomic mass is 16.5. The third-order valence-corrected chi connectivity index (χ3v) is 2.98. The normalized spacial score (nSPS) is 12.0. The van der Waals surface area contributed by atoms with Crippen LogP contribution in [-0.2, 0) is 14.2 Å². The van der Waals surface area contributed by atoms with Crippen LogP contribution in [-0.4, -0.2) is 38.6 Å². The molecule has 0 atom stereocenters. The van der Waals surface area contributed by atoms with Gasteiger partial charge in [0.1, 0.15) is 0 Å². The summed E-state index contributed by atoms with van der Waals surface area (Å²) in [6.45, 7) is 12.4. The number of hydrogen-bond donors (Lipinski definition) is 0. The third kappa shape index (κ3) is 17.9. The molecule has 0 heterocycles. The standard InChI is InChI=1S/C17H36O3/c1-5-6-7-8-9-12-18-13-10-11-14-19-15-16-20-17(2,3)4/h5-16H2,1-4H3. The molecule has 3 heteroatoms. The van der Waals surface area contributed by atoms with Crippen molar-refractivity contribution >= 4 is 0 Å². The SMILES string of the molecule is CCCCCCCOCCCCOCCOC(C)(C)C. The Morgan fingerprint density at radius 1 is 0.600 bits per heavy atom. The first-order valence-electron chi connectivity index (χ1n) is 8.35. The molecular formula is C17H36O3. The van der Waals surface area contributed by atoms with Crippen molar-refractivity contribution < 1.29 is 14.2 Å². The average Bonchev–Trinajstić information content (AvgIpc) is 2.38. The lowest BCUT2D eigenvalue weighted by Crippen LogP contribution is -2.21. The molecule has 0 N–H and O–H groups in total. The molecule has 0 aliphatic heterocycles. The Kier molecular flexibility index (Phi) is 13.8. The monoisotopic (exact) mass is 288 g/mol. The van der Waals surface area contributed by atoms with Crippen molar-refractivity contribution in [2.75, 3.05) is 33.0 Å². The highest BCUT2D eigenvalue weighted by Crippen LogP contribution is 2.06. The van der Waals surface area contributed by atoms with Gasteiger partial charge < -0.3 is 14.2 Å². The average molecular weight is 288 g/mol. The molecule has 0 aromatic carbocycles. The summed E-state index contributed by atoms with van der Waals surface area (Å²) in [5, 5.41) is 0. The second-order valence-corrected chi connectivity index (χ2v) is 6.31. The summed E-state index contributed by atoms with van der Waals surface area (Å²) in [6.07, 6.45) is 8.70. The van der Waals surface area contributed by atoms with Crippen molar-refractivity contribution in [3.63, 3.8) is 0 Å². The fourth-order valence-electron chi connectivity index (χ4n) is 1.83. The summed E-state index contributed by atoms with van der Waals surface area (Å²) >= 11 is 0. The second-order valence-electron chi connectivity index (χ2n) is 6.31. The van der Waals surface area contributed by atoms with E-state index in [1.807, 2.05) is 0 Å². The van der Waals surface area contributed by atoms with Gasteiger partial charge in [-0.15, -0.1) is 0 Å². The lowest BCUT2D eigenvalue weighted by atomic mass is 10.2. The van der Waals surface area contributed by atoms with Gasteiger partial charge in [-0.05, 0) is 40.0 Å². The molecule has 20 heavy (non-hydrogen) atoms. The van der Waals surface area contributed by atoms with Crippen LogP contribution < -0.4 is 0 Å². The molecule has 0 aromatic heterocycles. The molecule has 0 spiro atoms. The van der Waals surface area contributed by atoms with Crippen LogP contribution in [0.15, 0.2) is 0 Å². The number of unbranched alkanes of at least 4 members (excludes halogenated alkanes) is 5. The molecule has 0 bridgehead atoms. The summed E-state index contributed by atoms with van der Waals surface area (Å²) in [5.74, 6) is 0. The first kappa shape index (κ1) is 19.9. The van der Waals surface area contributed by atoms with E-state index in [1.54, 1.807) is 0 Å². The zero-order valence-electron chi connectivity index (χ0n) is 14.2. The van der Waals surface area contributed by atoms with Gasteiger partial charge in [0, 0.05) is 19.8 Å². The van der Waals surface area contributed by atoms with Crippen LogP contribution in [0.2, 0.25) is 0 Å². The predicted molar refractivity (Wildman–Crippen MR) is 85.3 cm³/mol. The van der Waals surface area contributed by atoms with E-state index in [1.165, 1.54) is 32.1 Å². The molecule has 0 saturated heterocycles. The van der Waals surface area contributed by atoms with Crippen molar-refractivity contribution in [1.82, 2.24) is 0 Å². The Hall–Kier alpha value is -0.120.